The number of benzene rings is 1. The van der Waals surface area contributed by atoms with Gasteiger partial charge in [0.25, 0.3) is 0 Å². The van der Waals surface area contributed by atoms with Gasteiger partial charge in [0.1, 0.15) is 0 Å². The normalized spacial score (nSPS) is 12.6. The molecule has 1 nitrogen and oxygen atoms in total. The topological polar surface area (TPSA) is 12.0 Å². The average Bonchev–Trinajstić information content (AvgIpc) is 2.44. The van der Waals surface area contributed by atoms with E-state index in [0.717, 1.165) is 0 Å². The van der Waals surface area contributed by atoms with E-state index in [2.05, 4.69) is 52.2 Å². The van der Waals surface area contributed by atoms with Crippen LogP contribution < -0.4 is 5.32 Å². The summed E-state index contributed by atoms with van der Waals surface area (Å²) in [6.07, 6.45) is 10.8. The summed E-state index contributed by atoms with van der Waals surface area (Å²) in [6, 6.07) is 5.26. The molecule has 0 radical (unpaired) electrons. The molecule has 0 aliphatic carbocycles. The van der Waals surface area contributed by atoms with Gasteiger partial charge in [0, 0.05) is 6.04 Å². The van der Waals surface area contributed by atoms with Crippen molar-refractivity contribution >= 4 is 0 Å². The highest BCUT2D eigenvalue weighted by atomic mass is 14.9. The van der Waals surface area contributed by atoms with Gasteiger partial charge >= 0.3 is 0 Å². The minimum absolute atomic E-state index is 0.622. The van der Waals surface area contributed by atoms with Crippen molar-refractivity contribution in [2.75, 3.05) is 7.05 Å². The van der Waals surface area contributed by atoms with E-state index < -0.39 is 0 Å². The van der Waals surface area contributed by atoms with Crippen LogP contribution in [0.25, 0.3) is 0 Å². The molecule has 1 rings (SSSR count). The van der Waals surface area contributed by atoms with Crippen LogP contribution in [-0.2, 0) is 6.42 Å². The van der Waals surface area contributed by atoms with Crippen molar-refractivity contribution in [3.63, 3.8) is 0 Å². The van der Waals surface area contributed by atoms with Crippen LogP contribution in [0, 0.1) is 20.8 Å². The van der Waals surface area contributed by atoms with E-state index in [4.69, 9.17) is 0 Å². The number of aryl methyl sites for hydroxylation is 3. The van der Waals surface area contributed by atoms with Crippen molar-refractivity contribution in [3.8, 4) is 0 Å². The fourth-order valence-electron chi connectivity index (χ4n) is 3.30. The minimum atomic E-state index is 0.622. The summed E-state index contributed by atoms with van der Waals surface area (Å²) in [7, 11) is 2.11. The number of likely N-dealkylation sites (N-methyl/N-ethyl adjacent to an activating group) is 1. The molecule has 1 aromatic rings. The number of rotatable bonds is 10. The van der Waals surface area contributed by atoms with Gasteiger partial charge in [0.05, 0.1) is 0 Å². The van der Waals surface area contributed by atoms with Gasteiger partial charge < -0.3 is 5.32 Å². The van der Waals surface area contributed by atoms with Gasteiger partial charge in [-0.1, -0.05) is 63.1 Å². The van der Waals surface area contributed by atoms with E-state index in [-0.39, 0.29) is 0 Å². The fourth-order valence-corrected chi connectivity index (χ4v) is 3.30. The quantitative estimate of drug-likeness (QED) is 0.561. The largest absolute Gasteiger partial charge is 0.317 e. The predicted molar refractivity (Wildman–Crippen MR) is 95.2 cm³/mol. The average molecular weight is 290 g/mol. The van der Waals surface area contributed by atoms with Crippen molar-refractivity contribution < 1.29 is 0 Å². The molecule has 0 fully saturated rings. The van der Waals surface area contributed by atoms with Crippen molar-refractivity contribution in [1.82, 2.24) is 5.32 Å². The molecule has 1 unspecified atom stereocenters. The van der Waals surface area contributed by atoms with Gasteiger partial charge in [-0.2, -0.15) is 0 Å². The molecule has 1 atom stereocenters. The lowest BCUT2D eigenvalue weighted by molar-refractivity contribution is 0.478. The molecule has 0 spiro atoms. The monoisotopic (exact) mass is 289 g/mol. The molecule has 0 heterocycles. The number of hydrogen-bond acceptors (Lipinski definition) is 1. The molecule has 120 valence electrons. The van der Waals surface area contributed by atoms with Gasteiger partial charge in [-0.3, -0.25) is 0 Å². The Labute approximate surface area is 132 Å². The first-order chi connectivity index (χ1) is 10.1. The van der Waals surface area contributed by atoms with Gasteiger partial charge in [-0.25, -0.2) is 0 Å². The van der Waals surface area contributed by atoms with Crippen LogP contribution in [0.15, 0.2) is 12.1 Å². The zero-order chi connectivity index (χ0) is 15.7. The van der Waals surface area contributed by atoms with E-state index >= 15 is 0 Å². The molecule has 21 heavy (non-hydrogen) atoms. The maximum atomic E-state index is 3.52. The molecule has 0 saturated carbocycles. The SMILES string of the molecule is CCCCCCCCC(Cc1c(C)cc(C)cc1C)NC. The Bertz CT molecular complexity index is 385. The van der Waals surface area contributed by atoms with E-state index in [1.807, 2.05) is 0 Å². The van der Waals surface area contributed by atoms with Crippen LogP contribution in [0.4, 0.5) is 0 Å². The second kappa shape index (κ2) is 10.00. The van der Waals surface area contributed by atoms with Gasteiger partial charge in [0.2, 0.25) is 0 Å². The van der Waals surface area contributed by atoms with Crippen molar-refractivity contribution in [2.24, 2.45) is 0 Å². The summed E-state index contributed by atoms with van der Waals surface area (Å²) in [6.45, 7) is 8.98. The predicted octanol–water partition coefficient (Wildman–Crippen LogP) is 5.49. The third-order valence-corrected chi connectivity index (χ3v) is 4.61. The summed E-state index contributed by atoms with van der Waals surface area (Å²) < 4.78 is 0. The number of nitrogens with one attached hydrogen (secondary N) is 1. The lowest BCUT2D eigenvalue weighted by Gasteiger charge is -2.19. The zero-order valence-electron chi connectivity index (χ0n) is 14.9. The Kier molecular flexibility index (Phi) is 8.68. The maximum Gasteiger partial charge on any atom is 0.0105 e. The maximum absolute atomic E-state index is 3.52. The summed E-state index contributed by atoms with van der Waals surface area (Å²) in [5.41, 5.74) is 5.84. The lowest BCUT2D eigenvalue weighted by atomic mass is 9.92. The van der Waals surface area contributed by atoms with Gasteiger partial charge in [-0.15, -0.1) is 0 Å². The van der Waals surface area contributed by atoms with Crippen LogP contribution in [0.1, 0.15) is 74.1 Å². The first-order valence-electron chi connectivity index (χ1n) is 8.82. The van der Waals surface area contributed by atoms with Gasteiger partial charge in [-0.05, 0) is 57.4 Å². The molecule has 0 aromatic heterocycles. The third-order valence-electron chi connectivity index (χ3n) is 4.61. The van der Waals surface area contributed by atoms with Crippen LogP contribution in [0.2, 0.25) is 0 Å². The van der Waals surface area contributed by atoms with E-state index in [0.29, 0.717) is 6.04 Å². The highest BCUT2D eigenvalue weighted by Gasteiger charge is 2.11. The zero-order valence-corrected chi connectivity index (χ0v) is 14.9. The third kappa shape index (κ3) is 6.65. The fraction of sp³-hybridized carbons (Fsp3) is 0.700. The van der Waals surface area contributed by atoms with Crippen LogP contribution in [0.3, 0.4) is 0 Å². The smallest absolute Gasteiger partial charge is 0.0105 e. The summed E-state index contributed by atoms with van der Waals surface area (Å²) in [5, 5.41) is 3.52. The standard InChI is InChI=1S/C20H35N/c1-6-7-8-9-10-11-12-19(21-5)15-20-17(3)13-16(2)14-18(20)4/h13-14,19,21H,6-12,15H2,1-5H3. The molecule has 0 aliphatic heterocycles. The first-order valence-corrected chi connectivity index (χ1v) is 8.82. The summed E-state index contributed by atoms with van der Waals surface area (Å²) in [5.74, 6) is 0. The first kappa shape index (κ1) is 18.2. The van der Waals surface area contributed by atoms with Gasteiger partial charge in [0.15, 0.2) is 0 Å². The molecular formula is C20H35N. The van der Waals surface area contributed by atoms with Crippen LogP contribution in [0.5, 0.6) is 0 Å². The minimum Gasteiger partial charge on any atom is -0.317 e. The van der Waals surface area contributed by atoms with Crippen molar-refractivity contribution in [1.29, 1.82) is 0 Å². The van der Waals surface area contributed by atoms with E-state index in [9.17, 15) is 0 Å². The van der Waals surface area contributed by atoms with Crippen molar-refractivity contribution in [3.05, 3.63) is 34.4 Å². The van der Waals surface area contributed by atoms with Crippen molar-refractivity contribution in [2.45, 2.75) is 85.1 Å². The molecule has 1 aromatic carbocycles. The van der Waals surface area contributed by atoms with E-state index in [1.54, 1.807) is 5.56 Å². The van der Waals surface area contributed by atoms with Crippen LogP contribution >= 0.6 is 0 Å². The second-order valence-corrected chi connectivity index (χ2v) is 6.62. The Morgan fingerprint density at radius 2 is 1.48 bits per heavy atom. The second-order valence-electron chi connectivity index (χ2n) is 6.62. The number of unbranched alkanes of at least 4 members (excludes halogenated alkanes) is 5. The summed E-state index contributed by atoms with van der Waals surface area (Å²) in [4.78, 5) is 0. The summed E-state index contributed by atoms with van der Waals surface area (Å²) >= 11 is 0. The molecule has 0 amide bonds. The van der Waals surface area contributed by atoms with E-state index in [1.165, 1.54) is 68.1 Å². The molecule has 0 saturated heterocycles. The highest BCUT2D eigenvalue weighted by molar-refractivity contribution is 5.38. The molecule has 1 heteroatoms. The Balaban J connectivity index is 2.44. The Hall–Kier alpha value is -0.820. The molecule has 1 N–H and O–H groups in total. The Morgan fingerprint density at radius 1 is 0.905 bits per heavy atom. The molecule has 0 bridgehead atoms. The molecule has 0 aliphatic rings. The number of hydrogen-bond donors (Lipinski definition) is 1. The lowest BCUT2D eigenvalue weighted by Crippen LogP contribution is -2.28. The highest BCUT2D eigenvalue weighted by Crippen LogP contribution is 2.20. The molecular weight excluding hydrogens is 254 g/mol. The van der Waals surface area contributed by atoms with Crippen LogP contribution in [-0.4, -0.2) is 13.1 Å². The Morgan fingerprint density at radius 3 is 2.05 bits per heavy atom.